The van der Waals surface area contributed by atoms with E-state index in [4.69, 9.17) is 11.1 Å². The molecule has 0 amide bonds. The first-order valence-electron chi connectivity index (χ1n) is 6.43. The highest BCUT2D eigenvalue weighted by molar-refractivity contribution is 5.80. The zero-order chi connectivity index (χ0) is 13.8. The average molecular weight is 265 g/mol. The third-order valence-electron chi connectivity index (χ3n) is 3.69. The zero-order valence-corrected chi connectivity index (χ0v) is 10.8. The Morgan fingerprint density at radius 3 is 2.17 bits per heavy atom. The molecule has 1 unspecified atom stereocenters. The van der Waals surface area contributed by atoms with Crippen molar-refractivity contribution in [1.82, 2.24) is 4.90 Å². The summed E-state index contributed by atoms with van der Waals surface area (Å²) in [6.45, 7) is -0.205. The minimum absolute atomic E-state index is 0.191. The van der Waals surface area contributed by atoms with Crippen molar-refractivity contribution in [2.24, 2.45) is 11.7 Å². The molecule has 0 aromatic heterocycles. The number of alkyl halides is 3. The Labute approximate surface area is 106 Å². The molecule has 1 atom stereocenters. The maximum absolute atomic E-state index is 12.7. The second-order valence-corrected chi connectivity index (χ2v) is 5.13. The van der Waals surface area contributed by atoms with Crippen LogP contribution in [-0.2, 0) is 0 Å². The molecule has 3 N–H and O–H groups in total. The summed E-state index contributed by atoms with van der Waals surface area (Å²) in [5, 5.41) is 7.09. The molecule has 0 radical (unpaired) electrons. The van der Waals surface area contributed by atoms with E-state index in [-0.39, 0.29) is 12.6 Å². The van der Waals surface area contributed by atoms with E-state index in [0.29, 0.717) is 0 Å². The maximum atomic E-state index is 12.7. The molecular weight excluding hydrogens is 243 g/mol. The summed E-state index contributed by atoms with van der Waals surface area (Å²) < 4.78 is 38.2. The van der Waals surface area contributed by atoms with Crippen LogP contribution < -0.4 is 5.73 Å². The Hall–Kier alpha value is -0.780. The van der Waals surface area contributed by atoms with Gasteiger partial charge in [-0.3, -0.25) is 5.41 Å². The lowest BCUT2D eigenvalue weighted by atomic mass is 10.0. The zero-order valence-electron chi connectivity index (χ0n) is 10.8. The number of nitrogens with zero attached hydrogens (tertiary/aromatic N) is 1. The van der Waals surface area contributed by atoms with Crippen LogP contribution in [0.25, 0.3) is 0 Å². The topological polar surface area (TPSA) is 53.1 Å². The van der Waals surface area contributed by atoms with Crippen LogP contribution >= 0.6 is 0 Å². The Morgan fingerprint density at radius 2 is 1.78 bits per heavy atom. The smallest absolute Gasteiger partial charge is 0.387 e. The Bertz CT molecular complexity index is 270. The van der Waals surface area contributed by atoms with Crippen molar-refractivity contribution in [3.05, 3.63) is 0 Å². The Morgan fingerprint density at radius 1 is 1.28 bits per heavy atom. The van der Waals surface area contributed by atoms with E-state index < -0.39 is 17.9 Å². The van der Waals surface area contributed by atoms with Gasteiger partial charge in [0.15, 0.2) is 0 Å². The molecule has 3 nitrogen and oxygen atoms in total. The molecule has 0 spiro atoms. The predicted octanol–water partition coefficient (Wildman–Crippen LogP) is 2.76. The number of hydrogen-bond acceptors (Lipinski definition) is 2. The summed E-state index contributed by atoms with van der Waals surface area (Å²) in [6.07, 6.45) is 1.94. The fourth-order valence-electron chi connectivity index (χ4n) is 2.51. The van der Waals surface area contributed by atoms with Gasteiger partial charge in [0, 0.05) is 12.6 Å². The number of nitrogens with one attached hydrogen (secondary N) is 1. The van der Waals surface area contributed by atoms with Crippen LogP contribution in [0.4, 0.5) is 13.2 Å². The molecule has 6 heteroatoms. The summed E-state index contributed by atoms with van der Waals surface area (Å²) in [5.41, 5.74) is 5.07. The van der Waals surface area contributed by atoms with E-state index in [9.17, 15) is 13.2 Å². The van der Waals surface area contributed by atoms with Crippen molar-refractivity contribution < 1.29 is 13.2 Å². The number of amidine groups is 1. The molecule has 0 aromatic carbocycles. The lowest BCUT2D eigenvalue weighted by Crippen LogP contribution is -2.45. The standard InChI is InChI=1S/C12H22F3N3/c1-18(9-6-4-2-3-5-7-9)8-10(11(16)17)12(13,14)15/h9-10H,2-8H2,1H3,(H3,16,17). The van der Waals surface area contributed by atoms with Crippen molar-refractivity contribution >= 4 is 5.84 Å². The highest BCUT2D eigenvalue weighted by Gasteiger charge is 2.43. The molecule has 1 fully saturated rings. The number of nitrogens with two attached hydrogens (primary N) is 1. The number of hydrogen-bond donors (Lipinski definition) is 2. The van der Waals surface area contributed by atoms with E-state index in [1.54, 1.807) is 11.9 Å². The highest BCUT2D eigenvalue weighted by atomic mass is 19.4. The minimum Gasteiger partial charge on any atom is -0.387 e. The van der Waals surface area contributed by atoms with Gasteiger partial charge in [0.25, 0.3) is 0 Å². The van der Waals surface area contributed by atoms with Crippen molar-refractivity contribution in [2.45, 2.75) is 50.7 Å². The molecule has 1 rings (SSSR count). The van der Waals surface area contributed by atoms with Gasteiger partial charge in [-0.2, -0.15) is 13.2 Å². The summed E-state index contributed by atoms with van der Waals surface area (Å²) in [6, 6.07) is 0.191. The highest BCUT2D eigenvalue weighted by Crippen LogP contribution is 2.29. The summed E-state index contributed by atoms with van der Waals surface area (Å²) in [7, 11) is 1.71. The molecular formula is C12H22F3N3. The van der Waals surface area contributed by atoms with Crippen LogP contribution in [-0.4, -0.2) is 36.5 Å². The SMILES string of the molecule is CN(CC(C(=N)N)C(F)(F)F)C1CCCCCC1. The predicted molar refractivity (Wildman–Crippen MR) is 65.6 cm³/mol. The van der Waals surface area contributed by atoms with Crippen LogP contribution in [0.5, 0.6) is 0 Å². The van der Waals surface area contributed by atoms with Gasteiger partial charge in [-0.1, -0.05) is 25.7 Å². The molecule has 0 bridgehead atoms. The van der Waals surface area contributed by atoms with Crippen molar-refractivity contribution in [3.8, 4) is 0 Å². The van der Waals surface area contributed by atoms with Gasteiger partial charge in [0.2, 0.25) is 0 Å². The summed E-state index contributed by atoms with van der Waals surface area (Å²) in [5.74, 6) is -2.63. The van der Waals surface area contributed by atoms with Crippen LogP contribution in [0.3, 0.4) is 0 Å². The summed E-state index contributed by atoms with van der Waals surface area (Å²) in [4.78, 5) is 1.73. The van der Waals surface area contributed by atoms with E-state index in [1.165, 1.54) is 12.8 Å². The normalized spacial score (nSPS) is 20.7. The van der Waals surface area contributed by atoms with Crippen LogP contribution in [0.1, 0.15) is 38.5 Å². The van der Waals surface area contributed by atoms with Crippen molar-refractivity contribution in [2.75, 3.05) is 13.6 Å². The molecule has 1 saturated carbocycles. The van der Waals surface area contributed by atoms with Gasteiger partial charge < -0.3 is 10.6 Å². The van der Waals surface area contributed by atoms with E-state index in [2.05, 4.69) is 0 Å². The second-order valence-electron chi connectivity index (χ2n) is 5.13. The first-order chi connectivity index (χ1) is 8.32. The van der Waals surface area contributed by atoms with E-state index >= 15 is 0 Å². The molecule has 0 saturated heterocycles. The quantitative estimate of drug-likeness (QED) is 0.466. The average Bonchev–Trinajstić information content (AvgIpc) is 2.51. The number of rotatable bonds is 4. The van der Waals surface area contributed by atoms with Crippen LogP contribution in [0.15, 0.2) is 0 Å². The fourth-order valence-corrected chi connectivity index (χ4v) is 2.51. The van der Waals surface area contributed by atoms with E-state index in [1.807, 2.05) is 0 Å². The molecule has 0 aliphatic heterocycles. The molecule has 0 aromatic rings. The first kappa shape index (κ1) is 15.3. The second kappa shape index (κ2) is 6.41. The fraction of sp³-hybridized carbons (Fsp3) is 0.917. The van der Waals surface area contributed by atoms with E-state index in [0.717, 1.165) is 25.7 Å². The lowest BCUT2D eigenvalue weighted by Gasteiger charge is -2.31. The van der Waals surface area contributed by atoms with Gasteiger partial charge in [-0.25, -0.2) is 0 Å². The van der Waals surface area contributed by atoms with Crippen LogP contribution in [0.2, 0.25) is 0 Å². The van der Waals surface area contributed by atoms with Crippen molar-refractivity contribution in [3.63, 3.8) is 0 Å². The molecule has 18 heavy (non-hydrogen) atoms. The van der Waals surface area contributed by atoms with Gasteiger partial charge in [-0.15, -0.1) is 0 Å². The molecule has 1 aliphatic carbocycles. The maximum Gasteiger partial charge on any atom is 0.399 e. The summed E-state index contributed by atoms with van der Waals surface area (Å²) >= 11 is 0. The third-order valence-corrected chi connectivity index (χ3v) is 3.69. The van der Waals surface area contributed by atoms with Gasteiger partial charge in [0.05, 0.1) is 0 Å². The van der Waals surface area contributed by atoms with Crippen molar-refractivity contribution in [1.29, 1.82) is 5.41 Å². The van der Waals surface area contributed by atoms with Gasteiger partial charge >= 0.3 is 6.18 Å². The molecule has 0 heterocycles. The van der Waals surface area contributed by atoms with Gasteiger partial charge in [0.1, 0.15) is 11.8 Å². The largest absolute Gasteiger partial charge is 0.399 e. The number of halogens is 3. The molecule has 1 aliphatic rings. The first-order valence-corrected chi connectivity index (χ1v) is 6.43. The minimum atomic E-state index is -4.43. The molecule has 106 valence electrons. The lowest BCUT2D eigenvalue weighted by molar-refractivity contribution is -0.160. The monoisotopic (exact) mass is 265 g/mol. The van der Waals surface area contributed by atoms with Crippen LogP contribution in [0, 0.1) is 11.3 Å². The Kier molecular flexibility index (Phi) is 5.44. The third kappa shape index (κ3) is 4.48. The Balaban J connectivity index is 2.59. The van der Waals surface area contributed by atoms with Gasteiger partial charge in [-0.05, 0) is 19.9 Å².